The third-order valence-corrected chi connectivity index (χ3v) is 2.45. The summed E-state index contributed by atoms with van der Waals surface area (Å²) in [6, 6.07) is 8.59. The number of furan rings is 1. The molecule has 1 heterocycles. The molecule has 0 aliphatic rings. The van der Waals surface area contributed by atoms with Gasteiger partial charge in [-0.2, -0.15) is 0 Å². The minimum Gasteiger partial charge on any atom is -0.484 e. The van der Waals surface area contributed by atoms with Crippen LogP contribution in [-0.4, -0.2) is 18.4 Å². The fourth-order valence-corrected chi connectivity index (χ4v) is 1.43. The van der Waals surface area contributed by atoms with Crippen LogP contribution in [0.15, 0.2) is 53.2 Å². The van der Waals surface area contributed by atoms with Gasteiger partial charge in [-0.25, -0.2) is 4.39 Å². The van der Waals surface area contributed by atoms with E-state index in [9.17, 15) is 14.0 Å². The first kappa shape index (κ1) is 15.3. The van der Waals surface area contributed by atoms with Crippen molar-refractivity contribution in [3.8, 4) is 5.75 Å². The summed E-state index contributed by atoms with van der Waals surface area (Å²) >= 11 is 0. The molecule has 2 N–H and O–H groups in total. The maximum atomic E-state index is 12.7. The van der Waals surface area contributed by atoms with Gasteiger partial charge < -0.3 is 9.15 Å². The fourth-order valence-electron chi connectivity index (χ4n) is 1.43. The van der Waals surface area contributed by atoms with E-state index in [4.69, 9.17) is 9.15 Å². The molecule has 114 valence electrons. The van der Waals surface area contributed by atoms with E-state index in [-0.39, 0.29) is 6.61 Å². The van der Waals surface area contributed by atoms with E-state index in [1.54, 1.807) is 12.1 Å². The van der Waals surface area contributed by atoms with Crippen LogP contribution in [0, 0.1) is 5.82 Å². The van der Waals surface area contributed by atoms with E-state index in [0.717, 1.165) is 0 Å². The van der Waals surface area contributed by atoms with Gasteiger partial charge in [-0.15, -0.1) is 0 Å². The first-order valence-electron chi connectivity index (χ1n) is 6.32. The molecule has 6 nitrogen and oxygen atoms in total. The summed E-state index contributed by atoms with van der Waals surface area (Å²) in [5, 5.41) is 0. The van der Waals surface area contributed by atoms with Crippen LogP contribution in [0.2, 0.25) is 0 Å². The molecule has 0 saturated carbocycles. The number of hydrogen-bond acceptors (Lipinski definition) is 4. The van der Waals surface area contributed by atoms with Crippen LogP contribution in [0.1, 0.15) is 5.76 Å². The van der Waals surface area contributed by atoms with Gasteiger partial charge in [-0.1, -0.05) is 0 Å². The van der Waals surface area contributed by atoms with Crippen molar-refractivity contribution in [2.75, 3.05) is 6.61 Å². The molecule has 22 heavy (non-hydrogen) atoms. The number of hydrogen-bond donors (Lipinski definition) is 2. The zero-order chi connectivity index (χ0) is 15.8. The van der Waals surface area contributed by atoms with E-state index in [0.29, 0.717) is 11.5 Å². The second kappa shape index (κ2) is 7.63. The van der Waals surface area contributed by atoms with E-state index in [2.05, 4.69) is 10.9 Å². The van der Waals surface area contributed by atoms with Crippen molar-refractivity contribution in [3.05, 3.63) is 60.3 Å². The quantitative estimate of drug-likeness (QED) is 0.650. The topological polar surface area (TPSA) is 80.6 Å². The molecule has 0 spiro atoms. The third kappa shape index (κ3) is 5.12. The molecule has 1 aromatic heterocycles. The monoisotopic (exact) mass is 304 g/mol. The van der Waals surface area contributed by atoms with E-state index >= 15 is 0 Å². The Labute approximate surface area is 125 Å². The maximum Gasteiger partial charge on any atom is 0.276 e. The Morgan fingerprint density at radius 2 is 1.95 bits per heavy atom. The Morgan fingerprint density at radius 1 is 1.18 bits per heavy atom. The summed E-state index contributed by atoms with van der Waals surface area (Å²) < 4.78 is 22.8. The van der Waals surface area contributed by atoms with Crippen molar-refractivity contribution in [1.82, 2.24) is 10.9 Å². The van der Waals surface area contributed by atoms with E-state index in [1.807, 2.05) is 0 Å². The Balaban J connectivity index is 1.68. The van der Waals surface area contributed by atoms with Crippen LogP contribution in [0.25, 0.3) is 6.08 Å². The number of nitrogens with one attached hydrogen (secondary N) is 2. The lowest BCUT2D eigenvalue weighted by atomic mass is 10.3. The number of benzene rings is 1. The Hall–Kier alpha value is -3.09. The zero-order valence-electron chi connectivity index (χ0n) is 11.4. The SMILES string of the molecule is O=C(/C=C/c1ccco1)NNC(=O)COc1ccc(F)cc1. The maximum absolute atomic E-state index is 12.7. The summed E-state index contributed by atoms with van der Waals surface area (Å²) in [7, 11) is 0. The van der Waals surface area contributed by atoms with Crippen LogP contribution >= 0.6 is 0 Å². The number of carbonyl (C=O) groups excluding carboxylic acids is 2. The molecule has 0 bridgehead atoms. The van der Waals surface area contributed by atoms with E-state index in [1.165, 1.54) is 42.7 Å². The molecule has 0 fully saturated rings. The number of ether oxygens (including phenoxy) is 1. The first-order valence-corrected chi connectivity index (χ1v) is 6.32. The van der Waals surface area contributed by atoms with Gasteiger partial charge in [-0.3, -0.25) is 20.4 Å². The average Bonchev–Trinajstić information content (AvgIpc) is 3.04. The first-order chi connectivity index (χ1) is 10.6. The van der Waals surface area contributed by atoms with Gasteiger partial charge in [0.25, 0.3) is 11.8 Å². The lowest BCUT2D eigenvalue weighted by Gasteiger charge is -2.07. The Kier molecular flexibility index (Phi) is 5.31. The molecule has 2 rings (SSSR count). The third-order valence-electron chi connectivity index (χ3n) is 2.45. The van der Waals surface area contributed by atoms with Crippen molar-refractivity contribution in [2.24, 2.45) is 0 Å². The zero-order valence-corrected chi connectivity index (χ0v) is 11.4. The van der Waals surface area contributed by atoms with Gasteiger partial charge >= 0.3 is 0 Å². The number of hydrazine groups is 1. The molecule has 2 amide bonds. The molecule has 0 atom stereocenters. The molecular weight excluding hydrogens is 291 g/mol. The second-order valence-corrected chi connectivity index (χ2v) is 4.13. The fraction of sp³-hybridized carbons (Fsp3) is 0.0667. The summed E-state index contributed by atoms with van der Waals surface area (Å²) in [6.45, 7) is -0.312. The smallest absolute Gasteiger partial charge is 0.276 e. The predicted molar refractivity (Wildman–Crippen MR) is 75.9 cm³/mol. The van der Waals surface area contributed by atoms with E-state index < -0.39 is 17.6 Å². The molecule has 1 aromatic carbocycles. The molecule has 7 heteroatoms. The molecule has 0 unspecified atom stereocenters. The van der Waals surface area contributed by atoms with Crippen LogP contribution in [0.5, 0.6) is 5.75 Å². The van der Waals surface area contributed by atoms with Crippen molar-refractivity contribution in [1.29, 1.82) is 0 Å². The summed E-state index contributed by atoms with van der Waals surface area (Å²) in [5.41, 5.74) is 4.36. The van der Waals surface area contributed by atoms with Gasteiger partial charge in [0.2, 0.25) is 0 Å². The van der Waals surface area contributed by atoms with Gasteiger partial charge in [0.05, 0.1) is 6.26 Å². The molecule has 0 saturated heterocycles. The summed E-state index contributed by atoms with van der Waals surface area (Å²) in [6.07, 6.45) is 4.14. The number of carbonyl (C=O) groups is 2. The summed E-state index contributed by atoms with van der Waals surface area (Å²) in [4.78, 5) is 22.9. The Bertz CT molecular complexity index is 651. The van der Waals surface area contributed by atoms with Gasteiger partial charge in [0, 0.05) is 6.08 Å². The second-order valence-electron chi connectivity index (χ2n) is 4.13. The normalized spacial score (nSPS) is 10.4. The largest absolute Gasteiger partial charge is 0.484 e. The van der Waals surface area contributed by atoms with Crippen LogP contribution in [0.4, 0.5) is 4.39 Å². The minimum atomic E-state index is -0.552. The van der Waals surface area contributed by atoms with Crippen LogP contribution < -0.4 is 15.6 Å². The van der Waals surface area contributed by atoms with Gasteiger partial charge in [0.1, 0.15) is 17.3 Å². The summed E-state index contributed by atoms with van der Waals surface area (Å²) in [5.74, 6) is -0.607. The highest BCUT2D eigenvalue weighted by atomic mass is 19.1. The van der Waals surface area contributed by atoms with Crippen molar-refractivity contribution >= 4 is 17.9 Å². The van der Waals surface area contributed by atoms with Gasteiger partial charge in [0.15, 0.2) is 6.61 Å². The highest BCUT2D eigenvalue weighted by Gasteiger charge is 2.04. The van der Waals surface area contributed by atoms with Crippen LogP contribution in [0.3, 0.4) is 0 Å². The molecular formula is C15H13FN2O4. The number of halogens is 1. The lowest BCUT2D eigenvalue weighted by molar-refractivity contribution is -0.128. The van der Waals surface area contributed by atoms with Crippen LogP contribution in [-0.2, 0) is 9.59 Å². The standard InChI is InChI=1S/C15H13FN2O4/c16-11-3-5-13(6-4-11)22-10-15(20)18-17-14(19)8-7-12-2-1-9-21-12/h1-9H,10H2,(H,17,19)(H,18,20)/b8-7+. The minimum absolute atomic E-state index is 0.312. The highest BCUT2D eigenvalue weighted by molar-refractivity contribution is 5.92. The Morgan fingerprint density at radius 3 is 2.64 bits per heavy atom. The lowest BCUT2D eigenvalue weighted by Crippen LogP contribution is -2.43. The highest BCUT2D eigenvalue weighted by Crippen LogP contribution is 2.10. The number of amides is 2. The average molecular weight is 304 g/mol. The van der Waals surface area contributed by atoms with Crippen molar-refractivity contribution in [3.63, 3.8) is 0 Å². The van der Waals surface area contributed by atoms with Crippen molar-refractivity contribution < 1.29 is 23.1 Å². The predicted octanol–water partition coefficient (Wildman–Crippen LogP) is 1.66. The molecule has 0 radical (unpaired) electrons. The number of rotatable bonds is 5. The molecule has 0 aliphatic heterocycles. The van der Waals surface area contributed by atoms with Gasteiger partial charge in [-0.05, 0) is 42.5 Å². The van der Waals surface area contributed by atoms with Crippen molar-refractivity contribution in [2.45, 2.75) is 0 Å². The molecule has 2 aromatic rings. The molecule has 0 aliphatic carbocycles.